The smallest absolute Gasteiger partial charge is 0.337 e. The summed E-state index contributed by atoms with van der Waals surface area (Å²) < 4.78 is 30.8. The average molecular weight is 388 g/mol. The molecule has 0 radical (unpaired) electrons. The molecule has 0 saturated heterocycles. The Morgan fingerprint density at radius 1 is 1.28 bits per heavy atom. The third-order valence-corrected chi connectivity index (χ3v) is 5.49. The van der Waals surface area contributed by atoms with Crippen LogP contribution in [-0.2, 0) is 19.6 Å². The van der Waals surface area contributed by atoms with Crippen LogP contribution in [0, 0.1) is 0 Å². The molecule has 10 heteroatoms. The summed E-state index contributed by atoms with van der Waals surface area (Å²) in [7, 11) is -4.40. The Morgan fingerprint density at radius 3 is 2.52 bits per heavy atom. The number of nitrogens with one attached hydrogen (secondary N) is 2. The van der Waals surface area contributed by atoms with Gasteiger partial charge in [0.2, 0.25) is 10.0 Å². The fourth-order valence-electron chi connectivity index (χ4n) is 1.96. The van der Waals surface area contributed by atoms with Gasteiger partial charge < -0.3 is 15.2 Å². The lowest BCUT2D eigenvalue weighted by Crippen LogP contribution is -2.24. The number of carbonyl (C=O) groups excluding carboxylic acids is 1. The fraction of sp³-hybridized carbons (Fsp3) is 0.467. The number of carbonyl (C=O) groups is 2. The Morgan fingerprint density at radius 2 is 1.96 bits per heavy atom. The van der Waals surface area contributed by atoms with Crippen molar-refractivity contribution in [2.75, 3.05) is 28.9 Å². The van der Waals surface area contributed by atoms with Crippen LogP contribution >= 0.6 is 0 Å². The number of anilines is 2. The molecule has 0 bridgehead atoms. The third-order valence-electron chi connectivity index (χ3n) is 3.08. The van der Waals surface area contributed by atoms with Crippen molar-refractivity contribution in [1.29, 1.82) is 0 Å². The SMILES string of the molecule is CCOC(=O)CS(=O)(=O)Nc1ccc(C(=O)O)c(NCC[Si+](C)C)c1. The summed E-state index contributed by atoms with van der Waals surface area (Å²) in [6, 6.07) is 5.00. The maximum absolute atomic E-state index is 12.0. The van der Waals surface area contributed by atoms with E-state index in [9.17, 15) is 23.1 Å². The Labute approximate surface area is 149 Å². The van der Waals surface area contributed by atoms with Crippen molar-refractivity contribution in [3.8, 4) is 0 Å². The summed E-state index contributed by atoms with van der Waals surface area (Å²) in [6.45, 7) is 6.56. The van der Waals surface area contributed by atoms with Crippen LogP contribution in [-0.4, -0.2) is 53.2 Å². The Bertz CT molecular complexity index is 721. The highest BCUT2D eigenvalue weighted by atomic mass is 32.2. The lowest BCUT2D eigenvalue weighted by molar-refractivity contribution is -0.139. The van der Waals surface area contributed by atoms with Crippen molar-refractivity contribution in [2.24, 2.45) is 0 Å². The van der Waals surface area contributed by atoms with Crippen LogP contribution in [0.2, 0.25) is 19.1 Å². The van der Waals surface area contributed by atoms with Crippen LogP contribution in [0.3, 0.4) is 0 Å². The van der Waals surface area contributed by atoms with Crippen molar-refractivity contribution >= 4 is 42.1 Å². The van der Waals surface area contributed by atoms with Gasteiger partial charge in [-0.3, -0.25) is 9.52 Å². The minimum atomic E-state index is -3.93. The predicted octanol–water partition coefficient (Wildman–Crippen LogP) is 1.86. The summed E-state index contributed by atoms with van der Waals surface area (Å²) in [5.41, 5.74) is 0.553. The molecular weight excluding hydrogens is 364 g/mol. The van der Waals surface area contributed by atoms with E-state index in [4.69, 9.17) is 0 Å². The number of rotatable bonds is 10. The van der Waals surface area contributed by atoms with Crippen molar-refractivity contribution in [2.45, 2.75) is 26.1 Å². The molecule has 0 atom stereocenters. The van der Waals surface area contributed by atoms with Gasteiger partial charge in [0.1, 0.15) is 0 Å². The molecule has 0 aromatic heterocycles. The molecule has 1 aromatic rings. The summed E-state index contributed by atoms with van der Waals surface area (Å²) in [5, 5.41) is 12.3. The molecule has 1 rings (SSSR count). The van der Waals surface area contributed by atoms with Crippen LogP contribution in [0.25, 0.3) is 0 Å². The number of hydrogen-bond donors (Lipinski definition) is 3. The van der Waals surface area contributed by atoms with Gasteiger partial charge in [0, 0.05) is 6.54 Å². The Hall–Kier alpha value is -2.07. The van der Waals surface area contributed by atoms with Crippen LogP contribution in [0.15, 0.2) is 18.2 Å². The molecule has 1 aromatic carbocycles. The number of ether oxygens (including phenoxy) is 1. The van der Waals surface area contributed by atoms with E-state index in [2.05, 4.69) is 27.9 Å². The van der Waals surface area contributed by atoms with Crippen molar-refractivity contribution in [3.63, 3.8) is 0 Å². The lowest BCUT2D eigenvalue weighted by Gasteiger charge is -2.12. The second-order valence-electron chi connectivity index (χ2n) is 5.62. The van der Waals surface area contributed by atoms with E-state index < -0.39 is 36.5 Å². The maximum Gasteiger partial charge on any atom is 0.337 e. The highest BCUT2D eigenvalue weighted by molar-refractivity contribution is 7.93. The first kappa shape index (κ1) is 21.0. The van der Waals surface area contributed by atoms with Crippen LogP contribution in [0.5, 0.6) is 0 Å². The number of hydrogen-bond acceptors (Lipinski definition) is 6. The van der Waals surface area contributed by atoms with E-state index in [1.807, 2.05) is 0 Å². The van der Waals surface area contributed by atoms with Gasteiger partial charge in [-0.05, 0) is 25.1 Å². The van der Waals surface area contributed by atoms with Gasteiger partial charge in [-0.1, -0.05) is 0 Å². The first-order chi connectivity index (χ1) is 11.6. The number of sulfonamides is 1. The van der Waals surface area contributed by atoms with Gasteiger partial charge in [-0.15, -0.1) is 0 Å². The standard InChI is InChI=1S/C15H22N2O6SSi/c1-4-23-14(18)10-24(21,22)17-11-5-6-12(15(19)20)13(9-11)16-7-8-25(2)3/h5-6,9,16-17H,4,7-8,10H2,1-3H3/p+1. The van der Waals surface area contributed by atoms with Gasteiger partial charge in [-0.25, -0.2) is 13.2 Å². The number of carboxylic acid groups (broad SMARTS) is 1. The van der Waals surface area contributed by atoms with E-state index in [0.717, 1.165) is 6.04 Å². The monoisotopic (exact) mass is 387 g/mol. The molecule has 0 aliphatic heterocycles. The van der Waals surface area contributed by atoms with E-state index in [-0.39, 0.29) is 17.9 Å². The molecule has 0 aliphatic carbocycles. The van der Waals surface area contributed by atoms with Gasteiger partial charge in [-0.2, -0.15) is 0 Å². The second kappa shape index (κ2) is 9.42. The van der Waals surface area contributed by atoms with Crippen molar-refractivity contribution in [3.05, 3.63) is 23.8 Å². The zero-order valence-corrected chi connectivity index (χ0v) is 16.3. The van der Waals surface area contributed by atoms with E-state index >= 15 is 0 Å². The molecule has 25 heavy (non-hydrogen) atoms. The molecule has 0 unspecified atom stereocenters. The minimum Gasteiger partial charge on any atom is -0.478 e. The quantitative estimate of drug-likeness (QED) is 0.414. The highest BCUT2D eigenvalue weighted by Gasteiger charge is 2.19. The zero-order valence-electron chi connectivity index (χ0n) is 14.5. The molecule has 0 spiro atoms. The second-order valence-corrected chi connectivity index (χ2v) is 10.3. The molecule has 138 valence electrons. The van der Waals surface area contributed by atoms with Gasteiger partial charge >= 0.3 is 20.7 Å². The van der Waals surface area contributed by atoms with Crippen LogP contribution in [0.1, 0.15) is 17.3 Å². The fourth-order valence-corrected chi connectivity index (χ4v) is 3.54. The van der Waals surface area contributed by atoms with Gasteiger partial charge in [0.15, 0.2) is 5.75 Å². The summed E-state index contributed by atoms with van der Waals surface area (Å²) >= 11 is 0. The molecular formula is C15H23N2O6SSi+. The molecule has 0 amide bonds. The minimum absolute atomic E-state index is 0.0503. The van der Waals surface area contributed by atoms with Gasteiger partial charge in [0.05, 0.1) is 42.7 Å². The Balaban J connectivity index is 2.93. The van der Waals surface area contributed by atoms with E-state index in [1.165, 1.54) is 18.2 Å². The molecule has 0 saturated carbocycles. The largest absolute Gasteiger partial charge is 0.478 e. The molecule has 3 N–H and O–H groups in total. The number of esters is 1. The zero-order chi connectivity index (χ0) is 19.0. The number of carboxylic acids is 1. The average Bonchev–Trinajstić information content (AvgIpc) is 2.45. The normalized spacial score (nSPS) is 10.8. The van der Waals surface area contributed by atoms with Crippen molar-refractivity contribution in [1.82, 2.24) is 0 Å². The van der Waals surface area contributed by atoms with Gasteiger partial charge in [0.25, 0.3) is 0 Å². The molecule has 0 fully saturated rings. The molecule has 0 aliphatic rings. The van der Waals surface area contributed by atoms with Crippen molar-refractivity contribution < 1.29 is 27.9 Å². The predicted molar refractivity (Wildman–Crippen MR) is 98.2 cm³/mol. The first-order valence-corrected chi connectivity index (χ1v) is 12.1. The summed E-state index contributed by atoms with van der Waals surface area (Å²) in [6.07, 6.45) is 0. The highest BCUT2D eigenvalue weighted by Crippen LogP contribution is 2.22. The topological polar surface area (TPSA) is 122 Å². The van der Waals surface area contributed by atoms with E-state index in [0.29, 0.717) is 12.2 Å². The number of benzene rings is 1. The first-order valence-electron chi connectivity index (χ1n) is 7.71. The maximum atomic E-state index is 12.0. The Kier molecular flexibility index (Phi) is 7.90. The molecule has 8 nitrogen and oxygen atoms in total. The number of aromatic carboxylic acids is 1. The lowest BCUT2D eigenvalue weighted by atomic mass is 10.1. The third kappa shape index (κ3) is 7.56. The van der Waals surface area contributed by atoms with Crippen LogP contribution in [0.4, 0.5) is 11.4 Å². The molecule has 0 heterocycles. The summed E-state index contributed by atoms with van der Waals surface area (Å²) in [4.78, 5) is 22.6. The van der Waals surface area contributed by atoms with Crippen LogP contribution < -0.4 is 10.0 Å². The summed E-state index contributed by atoms with van der Waals surface area (Å²) in [5.74, 6) is -2.76. The van der Waals surface area contributed by atoms with E-state index in [1.54, 1.807) is 6.92 Å².